The molecule has 21 heavy (non-hydrogen) atoms. The smallest absolute Gasteiger partial charge is 0.335 e. The van der Waals surface area contributed by atoms with Gasteiger partial charge in [-0.2, -0.15) is 5.10 Å². The number of amidine groups is 1. The molecule has 108 valence electrons. The zero-order valence-electron chi connectivity index (χ0n) is 11.7. The lowest BCUT2D eigenvalue weighted by atomic mass is 10.0. The van der Waals surface area contributed by atoms with Crippen LogP contribution in [0.1, 0.15) is 15.9 Å². The minimum atomic E-state index is -1.01. The molecule has 0 saturated carbocycles. The summed E-state index contributed by atoms with van der Waals surface area (Å²) in [4.78, 5) is 12.4. The summed E-state index contributed by atoms with van der Waals surface area (Å²) in [5.41, 5.74) is 2.00. The van der Waals surface area contributed by atoms with Gasteiger partial charge in [0.2, 0.25) is 0 Å². The monoisotopic (exact) mass is 285 g/mol. The van der Waals surface area contributed by atoms with E-state index < -0.39 is 5.97 Å². The van der Waals surface area contributed by atoms with Crippen molar-refractivity contribution < 1.29 is 9.90 Å². The van der Waals surface area contributed by atoms with Gasteiger partial charge in [0.15, 0.2) is 0 Å². The number of hydrogen-bond donors (Lipinski definition) is 3. The van der Waals surface area contributed by atoms with Crippen LogP contribution in [0, 0.1) is 10.8 Å². The Morgan fingerprint density at radius 3 is 2.81 bits per heavy atom. The number of aryl methyl sites for hydroxylation is 1. The second-order valence-corrected chi connectivity index (χ2v) is 4.51. The molecule has 0 unspecified atom stereocenters. The summed E-state index contributed by atoms with van der Waals surface area (Å²) in [6, 6.07) is 6.47. The maximum absolute atomic E-state index is 11.1. The van der Waals surface area contributed by atoms with Gasteiger partial charge in [0.05, 0.1) is 29.4 Å². The number of carbonyl (C=O) groups is 1. The molecule has 2 aromatic rings. The Balaban J connectivity index is 2.57. The van der Waals surface area contributed by atoms with Crippen LogP contribution in [0.15, 0.2) is 30.5 Å². The number of nitrogens with zero attached hydrogens (tertiary/aromatic N) is 3. The highest BCUT2D eigenvalue weighted by Crippen LogP contribution is 2.25. The fraction of sp³-hybridized carbons (Fsp3) is 0.143. The summed E-state index contributed by atoms with van der Waals surface area (Å²) >= 11 is 0. The maximum atomic E-state index is 11.1. The predicted molar refractivity (Wildman–Crippen MR) is 79.0 cm³/mol. The fourth-order valence-corrected chi connectivity index (χ4v) is 2.01. The lowest BCUT2D eigenvalue weighted by Gasteiger charge is -2.14. The van der Waals surface area contributed by atoms with Crippen LogP contribution in [0.2, 0.25) is 0 Å². The van der Waals surface area contributed by atoms with E-state index in [9.17, 15) is 4.79 Å². The van der Waals surface area contributed by atoms with E-state index in [1.54, 1.807) is 37.0 Å². The van der Waals surface area contributed by atoms with Crippen LogP contribution in [0.3, 0.4) is 0 Å². The second kappa shape index (κ2) is 5.58. The number of benzene rings is 1. The number of rotatable bonds is 4. The first kappa shape index (κ1) is 14.4. The first-order valence-electron chi connectivity index (χ1n) is 6.13. The highest BCUT2D eigenvalue weighted by Gasteiger charge is 2.18. The Morgan fingerprint density at radius 2 is 2.19 bits per heavy atom. The lowest BCUT2D eigenvalue weighted by molar-refractivity contribution is 0.0697. The maximum Gasteiger partial charge on any atom is 0.335 e. The predicted octanol–water partition coefficient (Wildman–Crippen LogP) is 1.65. The molecule has 0 bridgehead atoms. The summed E-state index contributed by atoms with van der Waals surface area (Å²) in [6.45, 7) is 0. The van der Waals surface area contributed by atoms with Crippen molar-refractivity contribution in [3.8, 4) is 11.3 Å². The summed E-state index contributed by atoms with van der Waals surface area (Å²) in [5, 5.41) is 28.5. The molecule has 0 aliphatic rings. The molecule has 0 spiro atoms. The van der Waals surface area contributed by atoms with Crippen LogP contribution < -0.4 is 0 Å². The van der Waals surface area contributed by atoms with Crippen molar-refractivity contribution in [1.29, 1.82) is 10.8 Å². The van der Waals surface area contributed by atoms with Crippen molar-refractivity contribution in [3.63, 3.8) is 0 Å². The molecule has 7 nitrogen and oxygen atoms in total. The fourth-order valence-electron chi connectivity index (χ4n) is 2.01. The van der Waals surface area contributed by atoms with Crippen LogP contribution in [0.5, 0.6) is 0 Å². The van der Waals surface area contributed by atoms with E-state index in [1.165, 1.54) is 17.2 Å². The van der Waals surface area contributed by atoms with Crippen LogP contribution >= 0.6 is 0 Å². The van der Waals surface area contributed by atoms with E-state index in [2.05, 4.69) is 5.10 Å². The molecule has 0 atom stereocenters. The third-order valence-corrected chi connectivity index (χ3v) is 3.12. The number of nitrogens with one attached hydrogen (secondary N) is 2. The van der Waals surface area contributed by atoms with Gasteiger partial charge < -0.3 is 10.0 Å². The first-order valence-corrected chi connectivity index (χ1v) is 6.13. The van der Waals surface area contributed by atoms with E-state index in [0.717, 1.165) is 6.34 Å². The van der Waals surface area contributed by atoms with Crippen LogP contribution in [0.4, 0.5) is 0 Å². The van der Waals surface area contributed by atoms with Gasteiger partial charge in [-0.05, 0) is 12.1 Å². The van der Waals surface area contributed by atoms with Gasteiger partial charge >= 0.3 is 5.97 Å². The number of hydrogen-bond acceptors (Lipinski definition) is 4. The molecule has 0 radical (unpaired) electrons. The van der Waals surface area contributed by atoms with E-state index >= 15 is 0 Å². The van der Waals surface area contributed by atoms with Gasteiger partial charge in [0.1, 0.15) is 5.84 Å². The van der Waals surface area contributed by atoms with E-state index in [4.69, 9.17) is 15.9 Å². The van der Waals surface area contributed by atoms with Crippen molar-refractivity contribution in [2.45, 2.75) is 0 Å². The van der Waals surface area contributed by atoms with Gasteiger partial charge in [-0.25, -0.2) is 4.79 Å². The van der Waals surface area contributed by atoms with Crippen LogP contribution in [-0.4, -0.2) is 45.0 Å². The molecule has 0 saturated heterocycles. The number of aromatic nitrogens is 2. The molecule has 0 amide bonds. The SMILES string of the molecule is CN(C=N)C(=N)c1cnn(C)c1-c1cccc(C(=O)O)c1. The molecule has 0 fully saturated rings. The summed E-state index contributed by atoms with van der Waals surface area (Å²) in [7, 11) is 3.32. The van der Waals surface area contributed by atoms with Gasteiger partial charge in [-0.1, -0.05) is 12.1 Å². The second-order valence-electron chi connectivity index (χ2n) is 4.51. The standard InChI is InChI=1S/C14H15N5O2/c1-18(8-15)13(16)11-7-17-19(2)12(11)9-4-3-5-10(6-9)14(20)21/h3-8,15-16H,1-2H3,(H,20,21). The molecule has 1 aromatic carbocycles. The first-order chi connectivity index (χ1) is 9.95. The van der Waals surface area contributed by atoms with Crippen molar-refractivity contribution in [2.75, 3.05) is 7.05 Å². The molecular weight excluding hydrogens is 270 g/mol. The molecule has 3 N–H and O–H groups in total. The van der Waals surface area contributed by atoms with E-state index in [1.807, 2.05) is 0 Å². The highest BCUT2D eigenvalue weighted by molar-refractivity contribution is 6.06. The Morgan fingerprint density at radius 1 is 1.48 bits per heavy atom. The van der Waals surface area contributed by atoms with Crippen molar-refractivity contribution in [1.82, 2.24) is 14.7 Å². The quantitative estimate of drug-likeness (QED) is 0.586. The Bertz CT molecular complexity index is 720. The lowest BCUT2D eigenvalue weighted by Crippen LogP contribution is -2.25. The molecule has 2 rings (SSSR count). The summed E-state index contributed by atoms with van der Waals surface area (Å²) in [5.74, 6) is -0.888. The third kappa shape index (κ3) is 2.66. The van der Waals surface area contributed by atoms with Crippen LogP contribution in [-0.2, 0) is 7.05 Å². The normalized spacial score (nSPS) is 10.2. The average molecular weight is 285 g/mol. The van der Waals surface area contributed by atoms with E-state index in [-0.39, 0.29) is 11.4 Å². The van der Waals surface area contributed by atoms with Crippen molar-refractivity contribution >= 4 is 18.1 Å². The van der Waals surface area contributed by atoms with Gasteiger partial charge in [0, 0.05) is 19.7 Å². The highest BCUT2D eigenvalue weighted by atomic mass is 16.4. The number of carboxylic acid groups (broad SMARTS) is 1. The van der Waals surface area contributed by atoms with Gasteiger partial charge in [0.25, 0.3) is 0 Å². The minimum Gasteiger partial charge on any atom is -0.478 e. The molecule has 1 heterocycles. The largest absolute Gasteiger partial charge is 0.478 e. The van der Waals surface area contributed by atoms with Gasteiger partial charge in [-0.3, -0.25) is 15.5 Å². The summed E-state index contributed by atoms with van der Waals surface area (Å²) in [6.07, 6.45) is 2.57. The Labute approximate surface area is 121 Å². The number of carboxylic acids is 1. The average Bonchev–Trinajstić information content (AvgIpc) is 2.87. The van der Waals surface area contributed by atoms with Crippen molar-refractivity contribution in [3.05, 3.63) is 41.6 Å². The van der Waals surface area contributed by atoms with Crippen molar-refractivity contribution in [2.24, 2.45) is 7.05 Å². The minimum absolute atomic E-state index is 0.119. The Kier molecular flexibility index (Phi) is 3.84. The molecule has 7 heteroatoms. The topological polar surface area (TPSA) is 106 Å². The van der Waals surface area contributed by atoms with Gasteiger partial charge in [-0.15, -0.1) is 0 Å². The zero-order valence-corrected chi connectivity index (χ0v) is 11.7. The zero-order chi connectivity index (χ0) is 15.6. The molecule has 1 aromatic heterocycles. The summed E-state index contributed by atoms with van der Waals surface area (Å²) < 4.78 is 1.59. The third-order valence-electron chi connectivity index (χ3n) is 3.12. The van der Waals surface area contributed by atoms with E-state index in [0.29, 0.717) is 16.8 Å². The Hall–Kier alpha value is -2.96. The van der Waals surface area contributed by atoms with Crippen LogP contribution in [0.25, 0.3) is 11.3 Å². The molecular formula is C14H15N5O2. The number of aromatic carboxylic acids is 1. The molecule has 0 aliphatic carbocycles. The molecule has 0 aliphatic heterocycles.